The standard InChI is InChI=1S/C26H22N2O4/c1-16-24(21-15-20(31-2)11-12-23(21)32-16)25(29)27-19-9-7-18(8-10-19)26(30)28-14-13-17-5-3-4-6-22(17)28/h3-12,15H,13-14H2,1-2H3,(H,27,29). The Bertz CT molecular complexity index is 1340. The van der Waals surface area contributed by atoms with Crippen molar-refractivity contribution in [3.8, 4) is 5.75 Å². The first-order valence-corrected chi connectivity index (χ1v) is 10.4. The monoisotopic (exact) mass is 426 g/mol. The largest absolute Gasteiger partial charge is 0.497 e. The van der Waals surface area contributed by atoms with Gasteiger partial charge in [-0.2, -0.15) is 0 Å². The Balaban J connectivity index is 1.35. The minimum Gasteiger partial charge on any atom is -0.497 e. The van der Waals surface area contributed by atoms with Crippen LogP contribution >= 0.6 is 0 Å². The molecular weight excluding hydrogens is 404 g/mol. The van der Waals surface area contributed by atoms with Gasteiger partial charge in [-0.15, -0.1) is 0 Å². The lowest BCUT2D eigenvalue weighted by Crippen LogP contribution is -2.28. The van der Waals surface area contributed by atoms with E-state index in [9.17, 15) is 9.59 Å². The summed E-state index contributed by atoms with van der Waals surface area (Å²) in [7, 11) is 1.58. The van der Waals surface area contributed by atoms with Crippen molar-refractivity contribution in [2.45, 2.75) is 13.3 Å². The Morgan fingerprint density at radius 1 is 1.03 bits per heavy atom. The molecule has 32 heavy (non-hydrogen) atoms. The Morgan fingerprint density at radius 3 is 2.59 bits per heavy atom. The summed E-state index contributed by atoms with van der Waals surface area (Å²) in [5.41, 5.74) is 4.42. The lowest BCUT2D eigenvalue weighted by molar-refractivity contribution is 0.0988. The number of methoxy groups -OCH3 is 1. The average Bonchev–Trinajstić information content (AvgIpc) is 3.38. The summed E-state index contributed by atoms with van der Waals surface area (Å²) in [6.07, 6.45) is 0.860. The second-order valence-corrected chi connectivity index (χ2v) is 7.76. The molecule has 0 bridgehead atoms. The predicted molar refractivity (Wildman–Crippen MR) is 124 cm³/mol. The summed E-state index contributed by atoms with van der Waals surface area (Å²) in [6, 6.07) is 20.3. The number of aryl methyl sites for hydroxylation is 1. The molecule has 4 aromatic rings. The lowest BCUT2D eigenvalue weighted by atomic mass is 10.1. The number of hydrogen-bond acceptors (Lipinski definition) is 4. The summed E-state index contributed by atoms with van der Waals surface area (Å²) in [6.45, 7) is 2.43. The van der Waals surface area contributed by atoms with Crippen LogP contribution in [0.15, 0.2) is 71.1 Å². The summed E-state index contributed by atoms with van der Waals surface area (Å²) in [5.74, 6) is 0.864. The summed E-state index contributed by atoms with van der Waals surface area (Å²) in [4.78, 5) is 27.8. The number of hydrogen-bond donors (Lipinski definition) is 1. The molecule has 6 nitrogen and oxygen atoms in total. The Labute approximate surface area is 185 Å². The van der Waals surface area contributed by atoms with Crippen LogP contribution in [0, 0.1) is 6.92 Å². The molecule has 0 spiro atoms. The molecule has 160 valence electrons. The first-order valence-electron chi connectivity index (χ1n) is 10.4. The van der Waals surface area contributed by atoms with Crippen molar-refractivity contribution >= 4 is 34.2 Å². The van der Waals surface area contributed by atoms with Gasteiger partial charge in [0, 0.05) is 28.9 Å². The van der Waals surface area contributed by atoms with Crippen LogP contribution in [0.4, 0.5) is 11.4 Å². The van der Waals surface area contributed by atoms with Crippen molar-refractivity contribution in [1.29, 1.82) is 0 Å². The lowest BCUT2D eigenvalue weighted by Gasteiger charge is -2.17. The number of fused-ring (bicyclic) bond motifs is 2. The Kier molecular flexibility index (Phi) is 4.90. The second kappa shape index (κ2) is 7.89. The normalized spacial score (nSPS) is 12.6. The predicted octanol–water partition coefficient (Wildman–Crippen LogP) is 5.21. The summed E-state index contributed by atoms with van der Waals surface area (Å²) < 4.78 is 11.0. The number of nitrogens with zero attached hydrogens (tertiary/aromatic N) is 1. The van der Waals surface area contributed by atoms with E-state index in [0.717, 1.165) is 12.1 Å². The van der Waals surface area contributed by atoms with Crippen molar-refractivity contribution in [3.63, 3.8) is 0 Å². The molecule has 1 N–H and O–H groups in total. The molecule has 6 heteroatoms. The van der Waals surface area contributed by atoms with Crippen LogP contribution in [-0.4, -0.2) is 25.5 Å². The van der Waals surface area contributed by atoms with Gasteiger partial charge < -0.3 is 19.4 Å². The minimum atomic E-state index is -0.276. The molecule has 0 fully saturated rings. The fraction of sp³-hybridized carbons (Fsp3) is 0.154. The van der Waals surface area contributed by atoms with Crippen LogP contribution in [0.3, 0.4) is 0 Å². The first-order chi connectivity index (χ1) is 15.5. The second-order valence-electron chi connectivity index (χ2n) is 7.76. The van der Waals surface area contributed by atoms with Gasteiger partial charge in [0.15, 0.2) is 0 Å². The van der Waals surface area contributed by atoms with Gasteiger partial charge in [-0.1, -0.05) is 18.2 Å². The third-order valence-corrected chi connectivity index (χ3v) is 5.82. The Hall–Kier alpha value is -4.06. The van der Waals surface area contributed by atoms with E-state index in [1.165, 1.54) is 5.56 Å². The number of carbonyl (C=O) groups is 2. The zero-order valence-electron chi connectivity index (χ0n) is 17.8. The molecule has 0 atom stereocenters. The van der Waals surface area contributed by atoms with E-state index in [1.54, 1.807) is 61.4 Å². The number of furan rings is 1. The summed E-state index contributed by atoms with van der Waals surface area (Å²) in [5, 5.41) is 3.59. The van der Waals surface area contributed by atoms with Gasteiger partial charge in [0.1, 0.15) is 17.1 Å². The van der Waals surface area contributed by atoms with E-state index in [0.29, 0.717) is 45.8 Å². The number of para-hydroxylation sites is 1. The van der Waals surface area contributed by atoms with Crippen LogP contribution in [0.25, 0.3) is 11.0 Å². The van der Waals surface area contributed by atoms with Crippen LogP contribution in [0.2, 0.25) is 0 Å². The maximum atomic E-state index is 13.0. The molecule has 0 aliphatic carbocycles. The number of rotatable bonds is 4. The zero-order chi connectivity index (χ0) is 22.2. The highest BCUT2D eigenvalue weighted by atomic mass is 16.5. The molecule has 2 heterocycles. The van der Waals surface area contributed by atoms with Crippen LogP contribution in [-0.2, 0) is 6.42 Å². The highest BCUT2D eigenvalue weighted by molar-refractivity contribution is 6.13. The van der Waals surface area contributed by atoms with Crippen molar-refractivity contribution in [1.82, 2.24) is 0 Å². The van der Waals surface area contributed by atoms with Crippen LogP contribution in [0.1, 0.15) is 32.0 Å². The number of carbonyl (C=O) groups excluding carboxylic acids is 2. The molecule has 1 aromatic heterocycles. The maximum absolute atomic E-state index is 13.0. The van der Waals surface area contributed by atoms with Gasteiger partial charge in [0.2, 0.25) is 0 Å². The van der Waals surface area contributed by atoms with Crippen LogP contribution < -0.4 is 15.0 Å². The zero-order valence-corrected chi connectivity index (χ0v) is 17.8. The molecule has 0 saturated heterocycles. The molecule has 0 radical (unpaired) electrons. The fourth-order valence-corrected chi connectivity index (χ4v) is 4.20. The minimum absolute atomic E-state index is 0.0448. The summed E-state index contributed by atoms with van der Waals surface area (Å²) >= 11 is 0. The van der Waals surface area contributed by atoms with Gasteiger partial charge in [-0.25, -0.2) is 0 Å². The van der Waals surface area contributed by atoms with Crippen molar-refractivity contribution < 1.29 is 18.7 Å². The van der Waals surface area contributed by atoms with E-state index in [4.69, 9.17) is 9.15 Å². The number of amides is 2. The van der Waals surface area contributed by atoms with Crippen molar-refractivity contribution in [2.24, 2.45) is 0 Å². The van der Waals surface area contributed by atoms with Crippen LogP contribution in [0.5, 0.6) is 5.75 Å². The maximum Gasteiger partial charge on any atom is 0.259 e. The van der Waals surface area contributed by atoms with E-state index in [2.05, 4.69) is 11.4 Å². The van der Waals surface area contributed by atoms with E-state index < -0.39 is 0 Å². The van der Waals surface area contributed by atoms with Gasteiger partial charge >= 0.3 is 0 Å². The third-order valence-electron chi connectivity index (χ3n) is 5.82. The molecular formula is C26H22N2O4. The molecule has 5 rings (SSSR count). The smallest absolute Gasteiger partial charge is 0.259 e. The number of benzene rings is 3. The van der Waals surface area contributed by atoms with Crippen molar-refractivity contribution in [3.05, 3.63) is 89.2 Å². The quantitative estimate of drug-likeness (QED) is 0.487. The molecule has 0 unspecified atom stereocenters. The van der Waals surface area contributed by atoms with E-state index >= 15 is 0 Å². The SMILES string of the molecule is COc1ccc2oc(C)c(C(=O)Nc3ccc(C(=O)N4CCc5ccccc54)cc3)c2c1. The number of ether oxygens (including phenoxy) is 1. The topological polar surface area (TPSA) is 71.8 Å². The molecule has 1 aliphatic rings. The third kappa shape index (κ3) is 3.39. The molecule has 3 aromatic carbocycles. The van der Waals surface area contributed by atoms with E-state index in [1.807, 2.05) is 18.2 Å². The highest BCUT2D eigenvalue weighted by Crippen LogP contribution is 2.31. The molecule has 2 amide bonds. The van der Waals surface area contributed by atoms with E-state index in [-0.39, 0.29) is 11.8 Å². The number of nitrogens with one attached hydrogen (secondary N) is 1. The highest BCUT2D eigenvalue weighted by Gasteiger charge is 2.25. The molecule has 1 aliphatic heterocycles. The fourth-order valence-electron chi connectivity index (χ4n) is 4.20. The van der Waals surface area contributed by atoms with Gasteiger partial charge in [0.05, 0.1) is 12.7 Å². The molecule has 0 saturated carbocycles. The van der Waals surface area contributed by atoms with Gasteiger partial charge in [-0.3, -0.25) is 9.59 Å². The number of anilines is 2. The van der Waals surface area contributed by atoms with Gasteiger partial charge in [-0.05, 0) is 67.4 Å². The van der Waals surface area contributed by atoms with Crippen molar-refractivity contribution in [2.75, 3.05) is 23.9 Å². The first kappa shape index (κ1) is 19.9. The van der Waals surface area contributed by atoms with Gasteiger partial charge in [0.25, 0.3) is 11.8 Å². The Morgan fingerprint density at radius 2 is 1.81 bits per heavy atom. The average molecular weight is 426 g/mol.